The monoisotopic (exact) mass is 436 g/mol. The minimum absolute atomic E-state index is 0.0362. The Bertz CT molecular complexity index is 1350. The Morgan fingerprint density at radius 1 is 0.839 bits per heavy atom. The summed E-state index contributed by atoms with van der Waals surface area (Å²) < 4.78 is 35.1. The Morgan fingerprint density at radius 2 is 1.42 bits per heavy atom. The molecule has 4 aromatic rings. The lowest BCUT2D eigenvalue weighted by molar-refractivity contribution is 0.395. The predicted octanol–water partition coefficient (Wildman–Crippen LogP) is 3.71. The van der Waals surface area contributed by atoms with Gasteiger partial charge in [0.2, 0.25) is 10.0 Å². The lowest BCUT2D eigenvalue weighted by atomic mass is 10.1. The van der Waals surface area contributed by atoms with Crippen molar-refractivity contribution in [2.24, 2.45) is 5.14 Å². The molecule has 0 atom stereocenters. The zero-order chi connectivity index (χ0) is 22.0. The fourth-order valence-corrected chi connectivity index (χ4v) is 3.94. The van der Waals surface area contributed by atoms with E-state index in [-0.39, 0.29) is 4.90 Å². The van der Waals surface area contributed by atoms with Crippen LogP contribution in [0.3, 0.4) is 0 Å². The Labute approximate surface area is 179 Å². The molecule has 0 amide bonds. The molecule has 8 nitrogen and oxygen atoms in total. The maximum atomic E-state index is 12.2. The van der Waals surface area contributed by atoms with Crippen LogP contribution in [0.2, 0.25) is 0 Å². The summed E-state index contributed by atoms with van der Waals surface area (Å²) in [6, 6.07) is 19.0. The van der Waals surface area contributed by atoms with E-state index in [1.807, 2.05) is 24.3 Å². The van der Waals surface area contributed by atoms with Crippen molar-refractivity contribution in [3.8, 4) is 22.8 Å². The Balaban J connectivity index is 1.94. The van der Waals surface area contributed by atoms with Crippen molar-refractivity contribution >= 4 is 32.6 Å². The number of sulfonamides is 1. The van der Waals surface area contributed by atoms with Crippen molar-refractivity contribution in [2.75, 3.05) is 19.5 Å². The third-order valence-corrected chi connectivity index (χ3v) is 5.60. The lowest BCUT2D eigenvalue weighted by Gasteiger charge is -2.15. The molecule has 0 spiro atoms. The number of rotatable bonds is 6. The average Bonchev–Trinajstić information content (AvgIpc) is 2.77. The molecule has 0 bridgehead atoms. The number of benzene rings is 3. The quantitative estimate of drug-likeness (QED) is 0.473. The molecule has 1 heterocycles. The van der Waals surface area contributed by atoms with E-state index in [2.05, 4.69) is 5.32 Å². The first-order valence-electron chi connectivity index (χ1n) is 9.28. The van der Waals surface area contributed by atoms with E-state index in [0.717, 1.165) is 0 Å². The smallest absolute Gasteiger partial charge is 0.238 e. The van der Waals surface area contributed by atoms with Crippen molar-refractivity contribution in [1.29, 1.82) is 0 Å². The molecule has 9 heteroatoms. The average molecular weight is 436 g/mol. The van der Waals surface area contributed by atoms with Crippen molar-refractivity contribution in [2.45, 2.75) is 4.90 Å². The second-order valence-corrected chi connectivity index (χ2v) is 8.21. The first-order chi connectivity index (χ1) is 14.9. The van der Waals surface area contributed by atoms with Gasteiger partial charge in [0.1, 0.15) is 17.2 Å². The molecule has 0 fully saturated rings. The van der Waals surface area contributed by atoms with Gasteiger partial charge in [0.25, 0.3) is 0 Å². The van der Waals surface area contributed by atoms with E-state index in [1.165, 1.54) is 6.07 Å². The number of ether oxygens (including phenoxy) is 2. The molecule has 3 aromatic carbocycles. The summed E-state index contributed by atoms with van der Waals surface area (Å²) >= 11 is 0. The van der Waals surface area contributed by atoms with Gasteiger partial charge < -0.3 is 14.8 Å². The summed E-state index contributed by atoms with van der Waals surface area (Å²) in [7, 11) is -0.866. The van der Waals surface area contributed by atoms with Crippen molar-refractivity contribution in [3.05, 3.63) is 66.7 Å². The number of nitrogens with zero attached hydrogens (tertiary/aromatic N) is 2. The van der Waals surface area contributed by atoms with Crippen LogP contribution in [0.15, 0.2) is 71.6 Å². The van der Waals surface area contributed by atoms with Gasteiger partial charge in [-0.05, 0) is 18.2 Å². The second kappa shape index (κ2) is 8.21. The number of para-hydroxylation sites is 2. The molecule has 4 rings (SSSR count). The topological polar surface area (TPSA) is 116 Å². The highest BCUT2D eigenvalue weighted by atomic mass is 32.2. The summed E-state index contributed by atoms with van der Waals surface area (Å²) in [5.41, 5.74) is 2.60. The lowest BCUT2D eigenvalue weighted by Crippen LogP contribution is -2.14. The first kappa shape index (κ1) is 20.6. The molecule has 0 radical (unpaired) electrons. The highest BCUT2D eigenvalue weighted by Gasteiger charge is 2.20. The van der Waals surface area contributed by atoms with E-state index in [1.54, 1.807) is 50.6 Å². The molecule has 31 heavy (non-hydrogen) atoms. The van der Waals surface area contributed by atoms with Crippen molar-refractivity contribution in [3.63, 3.8) is 0 Å². The third-order valence-electron chi connectivity index (χ3n) is 4.63. The second-order valence-electron chi connectivity index (χ2n) is 6.68. The number of fused-ring (bicyclic) bond motifs is 1. The van der Waals surface area contributed by atoms with Crippen molar-refractivity contribution < 1.29 is 17.9 Å². The molecule has 1 aromatic heterocycles. The molecule has 0 aliphatic carbocycles. The number of methoxy groups -OCH3 is 2. The summed E-state index contributed by atoms with van der Waals surface area (Å²) in [5.74, 6) is 1.54. The molecule has 0 aliphatic heterocycles. The van der Waals surface area contributed by atoms with E-state index >= 15 is 0 Å². The van der Waals surface area contributed by atoms with Gasteiger partial charge in [0, 0.05) is 29.4 Å². The Morgan fingerprint density at radius 3 is 2.03 bits per heavy atom. The molecule has 0 saturated carbocycles. The van der Waals surface area contributed by atoms with E-state index in [4.69, 9.17) is 24.6 Å². The van der Waals surface area contributed by atoms with Crippen LogP contribution in [0.4, 0.5) is 11.5 Å². The van der Waals surface area contributed by atoms with Gasteiger partial charge >= 0.3 is 0 Å². The van der Waals surface area contributed by atoms with Crippen LogP contribution in [0.25, 0.3) is 22.3 Å². The maximum Gasteiger partial charge on any atom is 0.238 e. The number of anilines is 2. The molecular formula is C22H20N4O4S. The zero-order valence-corrected chi connectivity index (χ0v) is 17.7. The highest BCUT2D eigenvalue weighted by molar-refractivity contribution is 7.89. The summed E-state index contributed by atoms with van der Waals surface area (Å²) in [6.45, 7) is 0. The van der Waals surface area contributed by atoms with Gasteiger partial charge in [-0.15, -0.1) is 0 Å². The minimum atomic E-state index is -3.98. The van der Waals surface area contributed by atoms with Crippen LogP contribution in [0, 0.1) is 0 Å². The number of aromatic nitrogens is 2. The zero-order valence-electron chi connectivity index (χ0n) is 16.9. The fraction of sp³-hybridized carbons (Fsp3) is 0.0909. The molecule has 3 N–H and O–H groups in total. The third kappa shape index (κ3) is 4.27. The van der Waals surface area contributed by atoms with E-state index in [0.29, 0.717) is 45.3 Å². The summed E-state index contributed by atoms with van der Waals surface area (Å²) in [6.07, 6.45) is 0. The van der Waals surface area contributed by atoms with Crippen LogP contribution in [-0.4, -0.2) is 32.6 Å². The van der Waals surface area contributed by atoms with Crippen LogP contribution >= 0.6 is 0 Å². The van der Waals surface area contributed by atoms with Crippen molar-refractivity contribution in [1.82, 2.24) is 9.97 Å². The minimum Gasteiger partial charge on any atom is -0.497 e. The largest absolute Gasteiger partial charge is 0.497 e. The van der Waals surface area contributed by atoms with Gasteiger partial charge in [-0.3, -0.25) is 0 Å². The van der Waals surface area contributed by atoms with Gasteiger partial charge in [-0.2, -0.15) is 0 Å². The molecular weight excluding hydrogens is 416 g/mol. The van der Waals surface area contributed by atoms with E-state index < -0.39 is 10.0 Å². The van der Waals surface area contributed by atoms with Crippen LogP contribution in [-0.2, 0) is 10.0 Å². The number of hydrogen-bond donors (Lipinski definition) is 2. The first-order valence-corrected chi connectivity index (χ1v) is 10.8. The normalized spacial score (nSPS) is 11.3. The number of hydrogen-bond acceptors (Lipinski definition) is 7. The molecule has 0 unspecified atom stereocenters. The Kier molecular flexibility index (Phi) is 5.45. The van der Waals surface area contributed by atoms with Crippen LogP contribution in [0.5, 0.6) is 11.5 Å². The van der Waals surface area contributed by atoms with Gasteiger partial charge in [-0.1, -0.05) is 30.3 Å². The summed E-state index contributed by atoms with van der Waals surface area (Å²) in [5, 5.41) is 8.68. The Hall–Kier alpha value is -3.69. The summed E-state index contributed by atoms with van der Waals surface area (Å²) in [4.78, 5) is 9.35. The molecule has 0 saturated heterocycles. The number of nitrogens with two attached hydrogens (primary N) is 1. The number of nitrogens with one attached hydrogen (secondary N) is 1. The molecule has 0 aliphatic rings. The fourth-order valence-electron chi connectivity index (χ4n) is 3.20. The van der Waals surface area contributed by atoms with Gasteiger partial charge in [0.15, 0.2) is 5.82 Å². The number of primary sulfonamides is 1. The highest BCUT2D eigenvalue weighted by Crippen LogP contribution is 2.34. The van der Waals surface area contributed by atoms with E-state index in [9.17, 15) is 8.42 Å². The predicted molar refractivity (Wildman–Crippen MR) is 119 cm³/mol. The maximum absolute atomic E-state index is 12.2. The molecule has 158 valence electrons. The standard InChI is InChI=1S/C22H20N4O4S/c1-29-15-11-14(12-16(13-15)30-2)24-22-21(25-18-8-4-5-9-19(18)26-22)17-7-3-6-10-20(17)31(23,27)28/h3-13H,1-2H3,(H,24,26)(H2,23,27,28). The van der Waals surface area contributed by atoms with Crippen LogP contribution in [0.1, 0.15) is 0 Å². The van der Waals surface area contributed by atoms with Gasteiger partial charge in [0.05, 0.1) is 30.1 Å². The van der Waals surface area contributed by atoms with Crippen LogP contribution < -0.4 is 19.9 Å². The SMILES string of the molecule is COc1cc(Nc2nc3ccccc3nc2-c2ccccc2S(N)(=O)=O)cc(OC)c1. The van der Waals surface area contributed by atoms with Gasteiger partial charge in [-0.25, -0.2) is 23.5 Å².